The minimum atomic E-state index is -0.722. The lowest BCUT2D eigenvalue weighted by atomic mass is 9.90. The summed E-state index contributed by atoms with van der Waals surface area (Å²) in [6.07, 6.45) is 3.78. The van der Waals surface area contributed by atoms with Crippen LogP contribution in [-0.2, 0) is 14.3 Å². The summed E-state index contributed by atoms with van der Waals surface area (Å²) in [5.74, 6) is 1.04. The van der Waals surface area contributed by atoms with Gasteiger partial charge in [0.1, 0.15) is 17.1 Å². The van der Waals surface area contributed by atoms with Gasteiger partial charge in [-0.05, 0) is 121 Å². The van der Waals surface area contributed by atoms with Crippen LogP contribution in [0.4, 0.5) is 0 Å². The summed E-state index contributed by atoms with van der Waals surface area (Å²) >= 11 is 0. The highest BCUT2D eigenvalue weighted by Gasteiger charge is 2.30. The minimum absolute atomic E-state index is 0.113. The first kappa shape index (κ1) is 41.1. The Kier molecular flexibility index (Phi) is 18.8. The Bertz CT molecular complexity index is 963. The van der Waals surface area contributed by atoms with E-state index in [2.05, 4.69) is 27.7 Å². The van der Waals surface area contributed by atoms with Gasteiger partial charge in [0.05, 0.1) is 10.8 Å². The predicted octanol–water partition coefficient (Wildman–Crippen LogP) is 10.1. The van der Waals surface area contributed by atoms with Crippen LogP contribution >= 0.6 is 0 Å². The Labute approximate surface area is 256 Å². The first-order chi connectivity index (χ1) is 19.2. The lowest BCUT2D eigenvalue weighted by Crippen LogP contribution is -2.33. The van der Waals surface area contributed by atoms with Crippen molar-refractivity contribution >= 4 is 11.9 Å². The van der Waals surface area contributed by atoms with Crippen LogP contribution in [0.15, 0.2) is 48.5 Å². The Balaban J connectivity index is 0. The van der Waals surface area contributed by atoms with Crippen molar-refractivity contribution in [1.29, 1.82) is 0 Å². The molecule has 0 fully saturated rings. The standard InChI is InChI=1S/C10H20O2.2C10H14O.C6H12O2/c1-7-10(5,6)8(11)12-9(2,3)4;2*1-3-8(2)9-4-6-10(11)7-5-9;1-4-6(2,3)5(7)8/h7H2,1-6H3;2*4-8,11H,3H2,1-2H3;4H2,1-3H3,(H,7,8). The Hall–Kier alpha value is -3.02. The number of aromatic hydroxyl groups is 2. The average Bonchev–Trinajstić information content (AvgIpc) is 2.93. The van der Waals surface area contributed by atoms with Crippen LogP contribution in [0.3, 0.4) is 0 Å². The van der Waals surface area contributed by atoms with Crippen LogP contribution in [-0.4, -0.2) is 32.9 Å². The number of phenols is 2. The normalized spacial score (nSPS) is 12.6. The zero-order valence-corrected chi connectivity index (χ0v) is 28.7. The molecule has 2 aromatic rings. The maximum absolute atomic E-state index is 11.5. The topological polar surface area (TPSA) is 104 Å². The van der Waals surface area contributed by atoms with Crippen molar-refractivity contribution < 1.29 is 29.6 Å². The predicted molar refractivity (Wildman–Crippen MR) is 175 cm³/mol. The van der Waals surface area contributed by atoms with Gasteiger partial charge in [0.15, 0.2) is 0 Å². The monoisotopic (exact) mass is 588 g/mol. The van der Waals surface area contributed by atoms with Crippen molar-refractivity contribution in [3.8, 4) is 11.5 Å². The lowest BCUT2D eigenvalue weighted by molar-refractivity contribution is -0.165. The number of carboxylic acids is 1. The number of benzene rings is 2. The van der Waals surface area contributed by atoms with E-state index >= 15 is 0 Å². The van der Waals surface area contributed by atoms with Gasteiger partial charge in [0.25, 0.3) is 0 Å². The molecule has 2 unspecified atom stereocenters. The van der Waals surface area contributed by atoms with E-state index in [1.165, 1.54) is 11.1 Å². The summed E-state index contributed by atoms with van der Waals surface area (Å²) in [4.78, 5) is 21.7. The third-order valence-corrected chi connectivity index (χ3v) is 7.45. The van der Waals surface area contributed by atoms with Gasteiger partial charge in [-0.1, -0.05) is 65.8 Å². The molecule has 0 radical (unpaired) electrons. The van der Waals surface area contributed by atoms with Crippen LogP contribution in [0, 0.1) is 10.8 Å². The molecule has 240 valence electrons. The molecular weight excluding hydrogens is 528 g/mol. The van der Waals surface area contributed by atoms with E-state index in [0.717, 1.165) is 19.3 Å². The van der Waals surface area contributed by atoms with Crippen molar-refractivity contribution in [1.82, 2.24) is 0 Å². The van der Waals surface area contributed by atoms with Crippen molar-refractivity contribution in [3.63, 3.8) is 0 Å². The van der Waals surface area contributed by atoms with Gasteiger partial charge in [-0.2, -0.15) is 0 Å². The minimum Gasteiger partial charge on any atom is -0.508 e. The van der Waals surface area contributed by atoms with Crippen LogP contribution in [0.2, 0.25) is 0 Å². The summed E-state index contributed by atoms with van der Waals surface area (Å²) in [6, 6.07) is 14.9. The summed E-state index contributed by atoms with van der Waals surface area (Å²) in [5.41, 5.74) is 1.33. The molecule has 6 heteroatoms. The van der Waals surface area contributed by atoms with Crippen LogP contribution in [0.1, 0.15) is 139 Å². The number of ether oxygens (including phenoxy) is 1. The number of esters is 1. The third kappa shape index (κ3) is 17.7. The van der Waals surface area contributed by atoms with Crippen molar-refractivity contribution in [3.05, 3.63) is 59.7 Å². The molecule has 2 rings (SSSR count). The molecule has 0 aromatic heterocycles. The molecule has 42 heavy (non-hydrogen) atoms. The molecule has 0 saturated carbocycles. The van der Waals surface area contributed by atoms with E-state index in [-0.39, 0.29) is 17.0 Å². The Morgan fingerprint density at radius 1 is 0.643 bits per heavy atom. The number of carboxylic acid groups (broad SMARTS) is 1. The zero-order valence-electron chi connectivity index (χ0n) is 28.7. The van der Waals surface area contributed by atoms with E-state index < -0.39 is 11.4 Å². The quantitative estimate of drug-likeness (QED) is 0.265. The summed E-state index contributed by atoms with van der Waals surface area (Å²) in [6.45, 7) is 25.5. The van der Waals surface area contributed by atoms with Crippen LogP contribution in [0.25, 0.3) is 0 Å². The second-order valence-corrected chi connectivity index (χ2v) is 13.1. The Morgan fingerprint density at radius 3 is 1.14 bits per heavy atom. The second kappa shape index (κ2) is 19.2. The highest BCUT2D eigenvalue weighted by atomic mass is 16.6. The SMILES string of the molecule is CCC(C)(C)C(=O)O.CCC(C)(C)C(=O)OC(C)(C)C.CCC(C)c1ccc(O)cc1.CCC(C)c1ccc(O)cc1. The number of carbonyl (C=O) groups is 2. The smallest absolute Gasteiger partial charge is 0.312 e. The molecule has 0 aliphatic carbocycles. The van der Waals surface area contributed by atoms with Crippen LogP contribution in [0.5, 0.6) is 11.5 Å². The largest absolute Gasteiger partial charge is 0.508 e. The molecule has 0 aliphatic rings. The zero-order chi connectivity index (χ0) is 33.3. The van der Waals surface area contributed by atoms with Gasteiger partial charge in [-0.3, -0.25) is 9.59 Å². The van der Waals surface area contributed by atoms with Gasteiger partial charge in [-0.25, -0.2) is 0 Å². The number of carbonyl (C=O) groups excluding carboxylic acids is 1. The number of phenolic OH excluding ortho intramolecular Hbond substituents is 2. The molecule has 6 nitrogen and oxygen atoms in total. The number of aliphatic carboxylic acids is 1. The first-order valence-corrected chi connectivity index (χ1v) is 15.2. The molecule has 0 aliphatic heterocycles. The second-order valence-electron chi connectivity index (χ2n) is 13.1. The summed E-state index contributed by atoms with van der Waals surface area (Å²) < 4.78 is 5.25. The number of hydrogen-bond acceptors (Lipinski definition) is 5. The number of rotatable bonds is 8. The van der Waals surface area contributed by atoms with Gasteiger partial charge in [0, 0.05) is 0 Å². The molecule has 0 spiro atoms. The lowest BCUT2D eigenvalue weighted by Gasteiger charge is -2.27. The summed E-state index contributed by atoms with van der Waals surface area (Å²) in [5, 5.41) is 26.5. The number of hydrogen-bond donors (Lipinski definition) is 3. The van der Waals surface area contributed by atoms with E-state index in [1.54, 1.807) is 38.1 Å². The fraction of sp³-hybridized carbons (Fsp3) is 0.611. The average molecular weight is 589 g/mol. The maximum Gasteiger partial charge on any atom is 0.312 e. The van der Waals surface area contributed by atoms with Gasteiger partial charge >= 0.3 is 11.9 Å². The van der Waals surface area contributed by atoms with E-state index in [4.69, 9.17) is 20.1 Å². The molecular formula is C36H60O6. The van der Waals surface area contributed by atoms with Crippen molar-refractivity contribution in [2.45, 2.75) is 133 Å². The third-order valence-electron chi connectivity index (χ3n) is 7.45. The molecule has 2 atom stereocenters. The van der Waals surface area contributed by atoms with Gasteiger partial charge in [-0.15, -0.1) is 0 Å². The highest BCUT2D eigenvalue weighted by molar-refractivity contribution is 5.76. The highest BCUT2D eigenvalue weighted by Crippen LogP contribution is 2.25. The van der Waals surface area contributed by atoms with Crippen molar-refractivity contribution in [2.24, 2.45) is 10.8 Å². The fourth-order valence-electron chi connectivity index (χ4n) is 2.79. The van der Waals surface area contributed by atoms with Crippen LogP contribution < -0.4 is 0 Å². The summed E-state index contributed by atoms with van der Waals surface area (Å²) in [7, 11) is 0. The molecule has 2 aromatic carbocycles. The first-order valence-electron chi connectivity index (χ1n) is 15.2. The Morgan fingerprint density at radius 2 is 0.952 bits per heavy atom. The molecule has 0 bridgehead atoms. The molecule has 0 amide bonds. The van der Waals surface area contributed by atoms with E-state index in [9.17, 15) is 9.59 Å². The van der Waals surface area contributed by atoms with E-state index in [1.807, 2.05) is 72.7 Å². The van der Waals surface area contributed by atoms with Gasteiger partial charge in [0.2, 0.25) is 0 Å². The molecule has 0 saturated heterocycles. The van der Waals surface area contributed by atoms with Crippen molar-refractivity contribution in [2.75, 3.05) is 0 Å². The van der Waals surface area contributed by atoms with E-state index in [0.29, 0.717) is 29.8 Å². The molecule has 3 N–H and O–H groups in total. The molecule has 0 heterocycles. The van der Waals surface area contributed by atoms with Gasteiger partial charge < -0.3 is 20.1 Å². The maximum atomic E-state index is 11.5. The fourth-order valence-corrected chi connectivity index (χ4v) is 2.79.